The Morgan fingerprint density at radius 1 is 1.23 bits per heavy atom. The molecule has 0 unspecified atom stereocenters. The summed E-state index contributed by atoms with van der Waals surface area (Å²) in [7, 11) is 0. The molecule has 2 rings (SSSR count). The highest BCUT2D eigenvalue weighted by atomic mass is 19.1. The third-order valence-corrected chi connectivity index (χ3v) is 4.08. The molecule has 0 amide bonds. The maximum absolute atomic E-state index is 14.0. The van der Waals surface area contributed by atoms with E-state index in [1.165, 1.54) is 30.0 Å². The van der Waals surface area contributed by atoms with Gasteiger partial charge in [0.05, 0.1) is 0 Å². The topological polar surface area (TPSA) is 20.5 Å². The van der Waals surface area contributed by atoms with Crippen molar-refractivity contribution in [3.8, 4) is 0 Å². The molecule has 0 radical (unpaired) electrons. The van der Waals surface area contributed by atoms with Crippen molar-refractivity contribution in [3.63, 3.8) is 0 Å². The number of hydrogen-bond donors (Lipinski definition) is 0. The highest BCUT2D eigenvalue weighted by Gasteiger charge is 2.16. The number of allylic oxidation sites excluding steroid dienone is 5. The summed E-state index contributed by atoms with van der Waals surface area (Å²) in [4.78, 5) is 6.67. The van der Waals surface area contributed by atoms with Crippen molar-refractivity contribution in [2.75, 3.05) is 13.1 Å². The zero-order valence-electron chi connectivity index (χ0n) is 16.7. The second-order valence-electron chi connectivity index (χ2n) is 6.71. The molecule has 26 heavy (non-hydrogen) atoms. The molecule has 3 nitrogen and oxygen atoms in total. The molecule has 2 heterocycles. The van der Waals surface area contributed by atoms with Crippen molar-refractivity contribution in [2.45, 2.75) is 47.1 Å². The first-order chi connectivity index (χ1) is 12.3. The summed E-state index contributed by atoms with van der Waals surface area (Å²) in [5.74, 6) is -0.0264. The average molecular weight is 358 g/mol. The number of nitrogens with zero attached hydrogens (tertiary/aromatic N) is 3. The molecule has 1 saturated heterocycles. The first kappa shape index (κ1) is 21.8. The van der Waals surface area contributed by atoms with Crippen LogP contribution in [0.5, 0.6) is 0 Å². The Morgan fingerprint density at radius 3 is 2.27 bits per heavy atom. The number of likely N-dealkylation sites (tertiary alicyclic amines) is 1. The van der Waals surface area contributed by atoms with E-state index in [-0.39, 0.29) is 5.83 Å². The molecule has 1 aliphatic rings. The third kappa shape index (κ3) is 6.96. The standard InChI is InChI=1S/C17H24FN3.C5H8/c1-5-16(18)17(19-13(2)3)21-10-14(4)15(12-21)11-20-8-6-7-9-20;1-4-5(2)3/h5,10,12H,2,6-9,11H2,1,3-4H3;4H,1-2H2,3H3/b16-5+,19-17?;. The molecular formula is C22H32FN3. The molecular weight excluding hydrogens is 325 g/mol. The van der Waals surface area contributed by atoms with E-state index in [4.69, 9.17) is 0 Å². The van der Waals surface area contributed by atoms with Crippen LogP contribution < -0.4 is 0 Å². The predicted octanol–water partition coefficient (Wildman–Crippen LogP) is 5.79. The Bertz CT molecular complexity index is 701. The zero-order valence-corrected chi connectivity index (χ0v) is 16.7. The minimum atomic E-state index is -0.333. The molecule has 1 aromatic rings. The quantitative estimate of drug-likeness (QED) is 0.371. The van der Waals surface area contributed by atoms with Crippen LogP contribution in [0.3, 0.4) is 0 Å². The number of aliphatic imine (C=N–C) groups is 1. The van der Waals surface area contributed by atoms with E-state index in [0.717, 1.165) is 25.2 Å². The summed E-state index contributed by atoms with van der Waals surface area (Å²) in [6, 6.07) is 0. The SMILES string of the molecule is C=C(C)N=C(/C(F)=C\C)n1cc(C)c(CN2CCCC2)c1.C=CC(=C)C. The fraction of sp³-hybridized carbons (Fsp3) is 0.409. The number of hydrogen-bond acceptors (Lipinski definition) is 2. The van der Waals surface area contributed by atoms with Crippen LogP contribution in [0.25, 0.3) is 0 Å². The maximum atomic E-state index is 14.0. The van der Waals surface area contributed by atoms with Gasteiger partial charge in [0, 0.05) is 24.6 Å². The van der Waals surface area contributed by atoms with Crippen molar-refractivity contribution >= 4 is 5.84 Å². The summed E-state index contributed by atoms with van der Waals surface area (Å²) < 4.78 is 15.8. The predicted molar refractivity (Wildman–Crippen MR) is 111 cm³/mol. The normalized spacial score (nSPS) is 15.4. The molecule has 0 aromatic carbocycles. The minimum Gasteiger partial charge on any atom is -0.306 e. The van der Waals surface area contributed by atoms with E-state index in [1.54, 1.807) is 24.5 Å². The number of aryl methyl sites for hydroxylation is 1. The molecule has 0 aliphatic carbocycles. The lowest BCUT2D eigenvalue weighted by Crippen LogP contribution is -2.18. The Labute approximate surface area is 157 Å². The van der Waals surface area contributed by atoms with Gasteiger partial charge in [-0.1, -0.05) is 31.4 Å². The van der Waals surface area contributed by atoms with Crippen LogP contribution in [0.2, 0.25) is 0 Å². The van der Waals surface area contributed by atoms with Gasteiger partial charge in [-0.25, -0.2) is 9.38 Å². The molecule has 0 bridgehead atoms. The Balaban J connectivity index is 0.000000597. The van der Waals surface area contributed by atoms with Gasteiger partial charge in [-0.3, -0.25) is 4.90 Å². The lowest BCUT2D eigenvalue weighted by Gasteiger charge is -2.13. The van der Waals surface area contributed by atoms with Crippen LogP contribution in [-0.4, -0.2) is 28.4 Å². The smallest absolute Gasteiger partial charge is 0.172 e. The molecule has 1 aromatic heterocycles. The molecule has 0 atom stereocenters. The lowest BCUT2D eigenvalue weighted by molar-refractivity contribution is 0.331. The van der Waals surface area contributed by atoms with E-state index in [1.807, 2.05) is 19.3 Å². The van der Waals surface area contributed by atoms with Crippen molar-refractivity contribution in [2.24, 2.45) is 4.99 Å². The van der Waals surface area contributed by atoms with Crippen molar-refractivity contribution in [1.29, 1.82) is 0 Å². The molecule has 0 spiro atoms. The van der Waals surface area contributed by atoms with Crippen LogP contribution >= 0.6 is 0 Å². The molecule has 1 fully saturated rings. The van der Waals surface area contributed by atoms with Gasteiger partial charge in [-0.2, -0.15) is 0 Å². The number of aromatic nitrogens is 1. The highest BCUT2D eigenvalue weighted by molar-refractivity contribution is 5.98. The first-order valence-electron chi connectivity index (χ1n) is 9.03. The van der Waals surface area contributed by atoms with E-state index < -0.39 is 0 Å². The highest BCUT2D eigenvalue weighted by Crippen LogP contribution is 2.18. The number of halogens is 1. The Hall–Kier alpha value is -2.20. The molecule has 4 heteroatoms. The fourth-order valence-electron chi connectivity index (χ4n) is 2.61. The minimum absolute atomic E-state index is 0.306. The van der Waals surface area contributed by atoms with Gasteiger partial charge in [-0.05, 0) is 70.8 Å². The summed E-state index contributed by atoms with van der Waals surface area (Å²) in [6.07, 6.45) is 9.62. The van der Waals surface area contributed by atoms with Crippen molar-refractivity contribution in [3.05, 3.63) is 72.5 Å². The van der Waals surface area contributed by atoms with E-state index >= 15 is 0 Å². The Morgan fingerprint density at radius 2 is 1.81 bits per heavy atom. The van der Waals surface area contributed by atoms with Gasteiger partial charge in [0.15, 0.2) is 11.7 Å². The van der Waals surface area contributed by atoms with Crippen LogP contribution in [0.4, 0.5) is 4.39 Å². The largest absolute Gasteiger partial charge is 0.306 e. The van der Waals surface area contributed by atoms with Crippen molar-refractivity contribution < 1.29 is 4.39 Å². The summed E-state index contributed by atoms with van der Waals surface area (Å²) in [5, 5.41) is 0. The molecule has 1 aliphatic heterocycles. The molecule has 0 saturated carbocycles. The molecule has 0 N–H and O–H groups in total. The molecule has 142 valence electrons. The first-order valence-corrected chi connectivity index (χ1v) is 9.03. The average Bonchev–Trinajstić information content (AvgIpc) is 3.23. The van der Waals surface area contributed by atoms with Crippen LogP contribution in [0, 0.1) is 6.92 Å². The van der Waals surface area contributed by atoms with Gasteiger partial charge < -0.3 is 4.57 Å². The van der Waals surface area contributed by atoms with Crippen LogP contribution in [-0.2, 0) is 6.54 Å². The Kier molecular flexibility index (Phi) is 9.00. The van der Waals surface area contributed by atoms with E-state index in [2.05, 4.69) is 36.6 Å². The number of rotatable bonds is 5. The summed E-state index contributed by atoms with van der Waals surface area (Å²) in [6.45, 7) is 21.4. The van der Waals surface area contributed by atoms with Gasteiger partial charge in [0.1, 0.15) is 0 Å². The monoisotopic (exact) mass is 357 g/mol. The van der Waals surface area contributed by atoms with Gasteiger partial charge >= 0.3 is 0 Å². The van der Waals surface area contributed by atoms with E-state index in [9.17, 15) is 4.39 Å². The summed E-state index contributed by atoms with van der Waals surface area (Å²) >= 11 is 0. The van der Waals surface area contributed by atoms with Crippen molar-refractivity contribution in [1.82, 2.24) is 9.47 Å². The van der Waals surface area contributed by atoms with Gasteiger partial charge in [0.25, 0.3) is 0 Å². The lowest BCUT2D eigenvalue weighted by atomic mass is 10.2. The third-order valence-electron chi connectivity index (χ3n) is 4.08. The van der Waals surface area contributed by atoms with Crippen LogP contribution in [0.1, 0.15) is 44.7 Å². The second kappa shape index (κ2) is 10.7. The fourth-order valence-corrected chi connectivity index (χ4v) is 2.61. The van der Waals surface area contributed by atoms with Crippen LogP contribution in [0.15, 0.2) is 66.4 Å². The van der Waals surface area contributed by atoms with Gasteiger partial charge in [0.2, 0.25) is 0 Å². The maximum Gasteiger partial charge on any atom is 0.172 e. The van der Waals surface area contributed by atoms with E-state index in [0.29, 0.717) is 11.5 Å². The van der Waals surface area contributed by atoms with Gasteiger partial charge in [-0.15, -0.1) is 0 Å². The zero-order chi connectivity index (χ0) is 19.7. The second-order valence-corrected chi connectivity index (χ2v) is 6.71. The summed E-state index contributed by atoms with van der Waals surface area (Å²) in [5.41, 5.74) is 4.01.